The van der Waals surface area contributed by atoms with Crippen LogP contribution >= 0.6 is 11.3 Å². The van der Waals surface area contributed by atoms with Crippen molar-refractivity contribution in [1.82, 2.24) is 10.3 Å². The van der Waals surface area contributed by atoms with Crippen molar-refractivity contribution in [1.29, 1.82) is 0 Å². The third kappa shape index (κ3) is 4.03. The maximum atomic E-state index is 5.78. The third-order valence-corrected chi connectivity index (χ3v) is 5.49. The van der Waals surface area contributed by atoms with Gasteiger partial charge in [0.15, 0.2) is 0 Å². The predicted octanol–water partition coefficient (Wildman–Crippen LogP) is 4.47. The van der Waals surface area contributed by atoms with Crippen molar-refractivity contribution in [2.45, 2.75) is 64.5 Å². The molecule has 1 aromatic rings. The van der Waals surface area contributed by atoms with Gasteiger partial charge in [0, 0.05) is 24.2 Å². The van der Waals surface area contributed by atoms with E-state index < -0.39 is 0 Å². The second-order valence-electron chi connectivity index (χ2n) is 5.83. The van der Waals surface area contributed by atoms with Gasteiger partial charge in [0.05, 0.1) is 0 Å². The van der Waals surface area contributed by atoms with E-state index in [9.17, 15) is 0 Å². The summed E-state index contributed by atoms with van der Waals surface area (Å²) < 4.78 is 5.78. The number of nitrogens with zero attached hydrogens (tertiary/aromatic N) is 1. The van der Waals surface area contributed by atoms with Gasteiger partial charge in [-0.15, -0.1) is 11.3 Å². The summed E-state index contributed by atoms with van der Waals surface area (Å²) >= 11 is 1.82. The number of nitrogens with one attached hydrogen (secondary N) is 1. The SMILES string of the molecule is CCCNC(C)c1cnc(C(OC)C2CCCCC2)s1. The number of aromatic nitrogens is 1. The Morgan fingerprint density at radius 1 is 1.40 bits per heavy atom. The van der Waals surface area contributed by atoms with Crippen molar-refractivity contribution >= 4 is 11.3 Å². The molecule has 1 N–H and O–H groups in total. The lowest BCUT2D eigenvalue weighted by molar-refractivity contribution is 0.0352. The van der Waals surface area contributed by atoms with Gasteiger partial charge in [0.1, 0.15) is 11.1 Å². The van der Waals surface area contributed by atoms with Crippen LogP contribution in [-0.4, -0.2) is 18.6 Å². The molecule has 1 heterocycles. The molecule has 1 aliphatic carbocycles. The molecule has 1 saturated carbocycles. The summed E-state index contributed by atoms with van der Waals surface area (Å²) in [5.74, 6) is 0.659. The lowest BCUT2D eigenvalue weighted by Gasteiger charge is -2.27. The molecule has 1 fully saturated rings. The number of hydrogen-bond donors (Lipinski definition) is 1. The van der Waals surface area contributed by atoms with Gasteiger partial charge >= 0.3 is 0 Å². The van der Waals surface area contributed by atoms with E-state index in [4.69, 9.17) is 4.74 Å². The molecule has 4 heteroatoms. The van der Waals surface area contributed by atoms with Crippen molar-refractivity contribution in [3.8, 4) is 0 Å². The molecule has 0 saturated heterocycles. The van der Waals surface area contributed by atoms with Gasteiger partial charge in [-0.2, -0.15) is 0 Å². The van der Waals surface area contributed by atoms with Crippen LogP contribution in [0, 0.1) is 5.92 Å². The molecule has 1 aromatic heterocycles. The molecule has 1 aliphatic rings. The van der Waals surface area contributed by atoms with Crippen molar-refractivity contribution in [3.05, 3.63) is 16.1 Å². The van der Waals surface area contributed by atoms with E-state index in [0.717, 1.165) is 6.54 Å². The molecule has 114 valence electrons. The Hall–Kier alpha value is -0.450. The number of thiazole rings is 1. The van der Waals surface area contributed by atoms with E-state index >= 15 is 0 Å². The average molecular weight is 296 g/mol. The second kappa shape index (κ2) is 8.11. The Kier molecular flexibility index (Phi) is 6.46. The van der Waals surface area contributed by atoms with Crippen LogP contribution in [0.5, 0.6) is 0 Å². The number of rotatable bonds is 7. The zero-order valence-corrected chi connectivity index (χ0v) is 13.8. The first kappa shape index (κ1) is 15.9. The van der Waals surface area contributed by atoms with Crippen molar-refractivity contribution in [3.63, 3.8) is 0 Å². The Morgan fingerprint density at radius 3 is 2.80 bits per heavy atom. The van der Waals surface area contributed by atoms with Crippen LogP contribution in [0.15, 0.2) is 6.20 Å². The Bertz CT molecular complexity index is 388. The highest BCUT2D eigenvalue weighted by atomic mass is 32.1. The zero-order chi connectivity index (χ0) is 14.4. The molecule has 0 aliphatic heterocycles. The van der Waals surface area contributed by atoms with Crippen LogP contribution < -0.4 is 5.32 Å². The summed E-state index contributed by atoms with van der Waals surface area (Å²) in [6.07, 6.45) is 10.0. The fourth-order valence-electron chi connectivity index (χ4n) is 3.03. The largest absolute Gasteiger partial charge is 0.374 e. The van der Waals surface area contributed by atoms with Crippen molar-refractivity contribution < 1.29 is 4.74 Å². The second-order valence-corrected chi connectivity index (χ2v) is 6.92. The topological polar surface area (TPSA) is 34.2 Å². The molecule has 2 unspecified atom stereocenters. The molecule has 0 radical (unpaired) electrons. The summed E-state index contributed by atoms with van der Waals surface area (Å²) in [5, 5.41) is 4.69. The maximum absolute atomic E-state index is 5.78. The zero-order valence-electron chi connectivity index (χ0n) is 13.0. The van der Waals surface area contributed by atoms with Gasteiger partial charge in [-0.05, 0) is 38.6 Å². The van der Waals surface area contributed by atoms with E-state index in [0.29, 0.717) is 12.0 Å². The van der Waals surface area contributed by atoms with Crippen LogP contribution in [0.2, 0.25) is 0 Å². The summed E-state index contributed by atoms with van der Waals surface area (Å²) in [7, 11) is 1.83. The van der Waals surface area contributed by atoms with Gasteiger partial charge in [0.25, 0.3) is 0 Å². The first-order chi connectivity index (χ1) is 9.76. The number of hydrogen-bond acceptors (Lipinski definition) is 4. The fourth-order valence-corrected chi connectivity index (χ4v) is 4.14. The van der Waals surface area contributed by atoms with E-state index in [-0.39, 0.29) is 6.10 Å². The summed E-state index contributed by atoms with van der Waals surface area (Å²) in [5.41, 5.74) is 0. The fraction of sp³-hybridized carbons (Fsp3) is 0.812. The minimum Gasteiger partial charge on any atom is -0.374 e. The van der Waals surface area contributed by atoms with E-state index in [2.05, 4.69) is 24.1 Å². The molecular weight excluding hydrogens is 268 g/mol. The molecular formula is C16H28N2OS. The van der Waals surface area contributed by atoms with Gasteiger partial charge in [-0.25, -0.2) is 4.98 Å². The summed E-state index contributed by atoms with van der Waals surface area (Å²) in [6.45, 7) is 5.47. The molecule has 2 atom stereocenters. The van der Waals surface area contributed by atoms with Crippen molar-refractivity contribution in [2.75, 3.05) is 13.7 Å². The van der Waals surface area contributed by atoms with Crippen LogP contribution in [-0.2, 0) is 4.74 Å². The Balaban J connectivity index is 2.01. The maximum Gasteiger partial charge on any atom is 0.122 e. The lowest BCUT2D eigenvalue weighted by atomic mass is 9.85. The summed E-state index contributed by atoms with van der Waals surface area (Å²) in [4.78, 5) is 5.97. The van der Waals surface area contributed by atoms with Gasteiger partial charge in [-0.3, -0.25) is 0 Å². The predicted molar refractivity (Wildman–Crippen MR) is 85.1 cm³/mol. The molecule has 0 aromatic carbocycles. The standard InChI is InChI=1S/C16H28N2OS/c1-4-10-17-12(2)14-11-18-16(20-14)15(19-3)13-8-6-5-7-9-13/h11-13,15,17H,4-10H2,1-3H3. The van der Waals surface area contributed by atoms with Gasteiger partial charge in [-0.1, -0.05) is 26.2 Å². The van der Waals surface area contributed by atoms with E-state index in [1.165, 1.54) is 48.4 Å². The molecule has 0 amide bonds. The first-order valence-electron chi connectivity index (χ1n) is 7.98. The molecule has 20 heavy (non-hydrogen) atoms. The minimum absolute atomic E-state index is 0.201. The Morgan fingerprint density at radius 2 is 2.15 bits per heavy atom. The van der Waals surface area contributed by atoms with Crippen LogP contribution in [0.3, 0.4) is 0 Å². The van der Waals surface area contributed by atoms with Crippen molar-refractivity contribution in [2.24, 2.45) is 5.92 Å². The normalized spacial score (nSPS) is 19.9. The van der Waals surface area contributed by atoms with Gasteiger partial charge in [0.2, 0.25) is 0 Å². The summed E-state index contributed by atoms with van der Waals surface area (Å²) in [6, 6.07) is 0.394. The van der Waals surface area contributed by atoms with E-state index in [1.54, 1.807) is 0 Å². The smallest absolute Gasteiger partial charge is 0.122 e. The highest BCUT2D eigenvalue weighted by Crippen LogP contribution is 2.38. The third-order valence-electron chi connectivity index (χ3n) is 4.24. The van der Waals surface area contributed by atoms with E-state index in [1.807, 2.05) is 24.6 Å². The highest BCUT2D eigenvalue weighted by Gasteiger charge is 2.27. The number of ether oxygens (including phenoxy) is 1. The Labute approximate surface area is 127 Å². The minimum atomic E-state index is 0.201. The first-order valence-corrected chi connectivity index (χ1v) is 8.79. The number of methoxy groups -OCH3 is 1. The monoisotopic (exact) mass is 296 g/mol. The molecule has 0 bridgehead atoms. The average Bonchev–Trinajstić information content (AvgIpc) is 2.96. The van der Waals surface area contributed by atoms with Crippen LogP contribution in [0.25, 0.3) is 0 Å². The molecule has 0 spiro atoms. The van der Waals surface area contributed by atoms with Crippen LogP contribution in [0.1, 0.15) is 74.4 Å². The lowest BCUT2D eigenvalue weighted by Crippen LogP contribution is -2.18. The van der Waals surface area contributed by atoms with Crippen LogP contribution in [0.4, 0.5) is 0 Å². The highest BCUT2D eigenvalue weighted by molar-refractivity contribution is 7.11. The van der Waals surface area contributed by atoms with Gasteiger partial charge < -0.3 is 10.1 Å². The molecule has 3 nitrogen and oxygen atoms in total. The molecule has 2 rings (SSSR count). The quantitative estimate of drug-likeness (QED) is 0.806.